The largest absolute Gasteiger partial charge is 0.490 e. The van der Waals surface area contributed by atoms with Gasteiger partial charge in [-0.1, -0.05) is 25.5 Å². The molecule has 1 rings (SSSR count). The SMILES string of the molecule is CCCCC(COc1cccc(C)c1)OC(C)=O. The number of rotatable bonds is 7. The first-order valence-electron chi connectivity index (χ1n) is 6.48. The summed E-state index contributed by atoms with van der Waals surface area (Å²) in [7, 11) is 0. The van der Waals surface area contributed by atoms with Crippen LogP contribution in [-0.4, -0.2) is 18.7 Å². The van der Waals surface area contributed by atoms with Crippen LogP contribution in [0.2, 0.25) is 0 Å². The molecule has 0 bridgehead atoms. The molecule has 0 amide bonds. The van der Waals surface area contributed by atoms with Crippen LogP contribution in [0.15, 0.2) is 24.3 Å². The van der Waals surface area contributed by atoms with Gasteiger partial charge >= 0.3 is 5.97 Å². The van der Waals surface area contributed by atoms with Gasteiger partial charge in [-0.3, -0.25) is 4.79 Å². The molecular weight excluding hydrogens is 228 g/mol. The van der Waals surface area contributed by atoms with E-state index < -0.39 is 0 Å². The Morgan fingerprint density at radius 1 is 1.39 bits per heavy atom. The summed E-state index contributed by atoms with van der Waals surface area (Å²) in [6.45, 7) is 5.99. The zero-order chi connectivity index (χ0) is 13.4. The Bertz CT molecular complexity index is 374. The van der Waals surface area contributed by atoms with Gasteiger partial charge in [0.05, 0.1) is 0 Å². The van der Waals surface area contributed by atoms with Crippen molar-refractivity contribution >= 4 is 5.97 Å². The Labute approximate surface area is 109 Å². The lowest BCUT2D eigenvalue weighted by molar-refractivity contribution is -0.148. The number of hydrogen-bond acceptors (Lipinski definition) is 3. The van der Waals surface area contributed by atoms with E-state index in [1.807, 2.05) is 31.2 Å². The normalized spacial score (nSPS) is 11.9. The summed E-state index contributed by atoms with van der Waals surface area (Å²) in [6.07, 6.45) is 2.82. The van der Waals surface area contributed by atoms with Crippen molar-refractivity contribution in [1.29, 1.82) is 0 Å². The zero-order valence-electron chi connectivity index (χ0n) is 11.4. The molecule has 0 spiro atoms. The van der Waals surface area contributed by atoms with Crippen LogP contribution in [0.3, 0.4) is 0 Å². The standard InChI is InChI=1S/C15H22O3/c1-4-5-8-15(18-13(3)16)11-17-14-9-6-7-12(2)10-14/h6-7,9-10,15H,4-5,8,11H2,1-3H3. The number of ether oxygens (including phenoxy) is 2. The predicted molar refractivity (Wildman–Crippen MR) is 71.8 cm³/mol. The van der Waals surface area contributed by atoms with E-state index in [9.17, 15) is 4.79 Å². The van der Waals surface area contributed by atoms with E-state index in [0.717, 1.165) is 30.6 Å². The molecule has 18 heavy (non-hydrogen) atoms. The molecule has 1 aromatic rings. The Kier molecular flexibility index (Phi) is 6.26. The number of unbranched alkanes of at least 4 members (excludes halogenated alkanes) is 1. The van der Waals surface area contributed by atoms with E-state index in [1.54, 1.807) is 0 Å². The summed E-state index contributed by atoms with van der Waals surface area (Å²) < 4.78 is 10.9. The van der Waals surface area contributed by atoms with Crippen LogP contribution in [0.25, 0.3) is 0 Å². The highest BCUT2D eigenvalue weighted by molar-refractivity contribution is 5.66. The minimum Gasteiger partial charge on any atom is -0.490 e. The maximum absolute atomic E-state index is 11.0. The van der Waals surface area contributed by atoms with Crippen LogP contribution >= 0.6 is 0 Å². The molecule has 1 atom stereocenters. The van der Waals surface area contributed by atoms with Crippen LogP contribution in [-0.2, 0) is 9.53 Å². The van der Waals surface area contributed by atoms with Gasteiger partial charge in [0, 0.05) is 6.92 Å². The summed E-state index contributed by atoms with van der Waals surface area (Å²) in [4.78, 5) is 11.0. The van der Waals surface area contributed by atoms with Gasteiger partial charge in [-0.15, -0.1) is 0 Å². The third-order valence-electron chi connectivity index (χ3n) is 2.64. The third kappa shape index (κ3) is 5.71. The molecule has 1 aromatic carbocycles. The molecule has 0 aliphatic heterocycles. The molecule has 3 nitrogen and oxygen atoms in total. The second-order valence-electron chi connectivity index (χ2n) is 4.50. The van der Waals surface area contributed by atoms with Gasteiger partial charge in [0.25, 0.3) is 0 Å². The monoisotopic (exact) mass is 250 g/mol. The fourth-order valence-electron chi connectivity index (χ4n) is 1.74. The third-order valence-corrected chi connectivity index (χ3v) is 2.64. The minimum atomic E-state index is -0.246. The van der Waals surface area contributed by atoms with E-state index >= 15 is 0 Å². The average Bonchev–Trinajstić information content (AvgIpc) is 2.32. The quantitative estimate of drug-likeness (QED) is 0.695. The Balaban J connectivity index is 2.47. The predicted octanol–water partition coefficient (Wildman–Crippen LogP) is 3.50. The molecule has 100 valence electrons. The second kappa shape index (κ2) is 7.75. The lowest BCUT2D eigenvalue weighted by atomic mass is 10.2. The van der Waals surface area contributed by atoms with Crippen molar-refractivity contribution in [3.63, 3.8) is 0 Å². The van der Waals surface area contributed by atoms with E-state index in [2.05, 4.69) is 6.92 Å². The number of carbonyl (C=O) groups is 1. The summed E-state index contributed by atoms with van der Waals surface area (Å²) in [5, 5.41) is 0. The van der Waals surface area contributed by atoms with E-state index in [1.165, 1.54) is 6.92 Å². The molecule has 0 saturated carbocycles. The molecular formula is C15H22O3. The van der Waals surface area contributed by atoms with Gasteiger partial charge in [0.1, 0.15) is 18.5 Å². The molecule has 0 N–H and O–H groups in total. The van der Waals surface area contributed by atoms with E-state index in [-0.39, 0.29) is 12.1 Å². The van der Waals surface area contributed by atoms with Crippen molar-refractivity contribution in [3.05, 3.63) is 29.8 Å². The lowest BCUT2D eigenvalue weighted by Crippen LogP contribution is -2.24. The molecule has 0 aromatic heterocycles. The van der Waals surface area contributed by atoms with Gasteiger partial charge in [-0.05, 0) is 37.5 Å². The molecule has 0 radical (unpaired) electrons. The molecule has 0 heterocycles. The summed E-state index contributed by atoms with van der Waals surface area (Å²) in [5.41, 5.74) is 1.16. The second-order valence-corrected chi connectivity index (χ2v) is 4.50. The number of benzene rings is 1. The summed E-state index contributed by atoms with van der Waals surface area (Å²) >= 11 is 0. The van der Waals surface area contributed by atoms with Crippen LogP contribution < -0.4 is 4.74 Å². The molecule has 1 unspecified atom stereocenters. The van der Waals surface area contributed by atoms with Gasteiger partial charge < -0.3 is 9.47 Å². The zero-order valence-corrected chi connectivity index (χ0v) is 11.4. The molecule has 0 saturated heterocycles. The van der Waals surface area contributed by atoms with Crippen LogP contribution in [0, 0.1) is 6.92 Å². The highest BCUT2D eigenvalue weighted by Crippen LogP contribution is 2.14. The highest BCUT2D eigenvalue weighted by Gasteiger charge is 2.12. The van der Waals surface area contributed by atoms with Gasteiger partial charge in [0.15, 0.2) is 0 Å². The fraction of sp³-hybridized carbons (Fsp3) is 0.533. The topological polar surface area (TPSA) is 35.5 Å². The number of esters is 1. The Morgan fingerprint density at radius 2 is 2.17 bits per heavy atom. The fourth-order valence-corrected chi connectivity index (χ4v) is 1.74. The van der Waals surface area contributed by atoms with Crippen molar-refractivity contribution < 1.29 is 14.3 Å². The van der Waals surface area contributed by atoms with Crippen LogP contribution in [0.4, 0.5) is 0 Å². The minimum absolute atomic E-state index is 0.150. The van der Waals surface area contributed by atoms with Crippen molar-refractivity contribution in [3.8, 4) is 5.75 Å². The molecule has 0 aliphatic carbocycles. The average molecular weight is 250 g/mol. The van der Waals surface area contributed by atoms with E-state index in [4.69, 9.17) is 9.47 Å². The number of carbonyl (C=O) groups excluding carboxylic acids is 1. The van der Waals surface area contributed by atoms with Crippen LogP contribution in [0.5, 0.6) is 5.75 Å². The van der Waals surface area contributed by atoms with Crippen molar-refractivity contribution in [2.45, 2.75) is 46.1 Å². The summed E-state index contributed by atoms with van der Waals surface area (Å²) in [5.74, 6) is 0.576. The van der Waals surface area contributed by atoms with Crippen LogP contribution in [0.1, 0.15) is 38.7 Å². The van der Waals surface area contributed by atoms with Gasteiger partial charge in [0.2, 0.25) is 0 Å². The highest BCUT2D eigenvalue weighted by atomic mass is 16.6. The van der Waals surface area contributed by atoms with Gasteiger partial charge in [-0.2, -0.15) is 0 Å². The maximum atomic E-state index is 11.0. The first kappa shape index (κ1) is 14.6. The molecule has 0 aliphatic rings. The number of hydrogen-bond donors (Lipinski definition) is 0. The maximum Gasteiger partial charge on any atom is 0.303 e. The van der Waals surface area contributed by atoms with E-state index in [0.29, 0.717) is 6.61 Å². The Hall–Kier alpha value is -1.51. The lowest BCUT2D eigenvalue weighted by Gasteiger charge is -2.17. The Morgan fingerprint density at radius 3 is 2.78 bits per heavy atom. The van der Waals surface area contributed by atoms with Crippen molar-refractivity contribution in [1.82, 2.24) is 0 Å². The molecule has 0 fully saturated rings. The van der Waals surface area contributed by atoms with Gasteiger partial charge in [-0.25, -0.2) is 0 Å². The first-order valence-corrected chi connectivity index (χ1v) is 6.48. The number of aryl methyl sites for hydroxylation is 1. The summed E-state index contributed by atoms with van der Waals surface area (Å²) in [6, 6.07) is 7.87. The smallest absolute Gasteiger partial charge is 0.303 e. The first-order chi connectivity index (χ1) is 8.61. The van der Waals surface area contributed by atoms with Crippen molar-refractivity contribution in [2.75, 3.05) is 6.61 Å². The van der Waals surface area contributed by atoms with Crippen molar-refractivity contribution in [2.24, 2.45) is 0 Å². The molecule has 3 heteroatoms.